The average Bonchev–Trinajstić information content (AvgIpc) is 2.77. The average molecular weight is 405 g/mol. The summed E-state index contributed by atoms with van der Waals surface area (Å²) in [6, 6.07) is 15.2. The first-order valence-corrected chi connectivity index (χ1v) is 10.0. The summed E-state index contributed by atoms with van der Waals surface area (Å²) in [5.74, 6) is -0.424. The largest absolute Gasteiger partial charge is 0.492 e. The molecule has 3 aromatic rings. The molecule has 0 N–H and O–H groups in total. The second kappa shape index (κ2) is 8.53. The standard InChI is InChI=1S/C24H23NO5/c1-3-28-24(27)22-15(2)18-9-5-6-10-19(18)25-20(22)14-30-23(26)17-12-16-8-4-7-11-21(16)29-13-17/h4-11,17H,3,12-14H2,1-2H3. The van der Waals surface area contributed by atoms with Gasteiger partial charge in [-0.3, -0.25) is 4.79 Å². The molecule has 154 valence electrons. The molecule has 2 heterocycles. The highest BCUT2D eigenvalue weighted by molar-refractivity contribution is 5.98. The van der Waals surface area contributed by atoms with Crippen molar-refractivity contribution in [1.29, 1.82) is 0 Å². The number of benzene rings is 2. The van der Waals surface area contributed by atoms with Gasteiger partial charge in [-0.25, -0.2) is 9.78 Å². The van der Waals surface area contributed by atoms with Crippen molar-refractivity contribution in [1.82, 2.24) is 4.98 Å². The van der Waals surface area contributed by atoms with Crippen molar-refractivity contribution in [2.45, 2.75) is 26.9 Å². The molecule has 0 spiro atoms. The lowest BCUT2D eigenvalue weighted by molar-refractivity contribution is -0.151. The predicted octanol–water partition coefficient (Wildman–Crippen LogP) is 4.01. The summed E-state index contributed by atoms with van der Waals surface area (Å²) in [5, 5.41) is 0.868. The normalized spacial score (nSPS) is 15.2. The van der Waals surface area contributed by atoms with Crippen LogP contribution in [0.25, 0.3) is 10.9 Å². The lowest BCUT2D eigenvalue weighted by Gasteiger charge is -2.24. The lowest BCUT2D eigenvalue weighted by Crippen LogP contribution is -2.30. The molecule has 0 amide bonds. The van der Waals surface area contributed by atoms with Gasteiger partial charge >= 0.3 is 11.9 Å². The van der Waals surface area contributed by atoms with Gasteiger partial charge < -0.3 is 14.2 Å². The number of hydrogen-bond acceptors (Lipinski definition) is 6. The van der Waals surface area contributed by atoms with Gasteiger partial charge in [0.15, 0.2) is 0 Å². The van der Waals surface area contributed by atoms with Gasteiger partial charge in [0.25, 0.3) is 0 Å². The van der Waals surface area contributed by atoms with Crippen molar-refractivity contribution in [3.05, 3.63) is 70.9 Å². The second-order valence-corrected chi connectivity index (χ2v) is 7.22. The highest BCUT2D eigenvalue weighted by Crippen LogP contribution is 2.28. The number of nitrogens with zero attached hydrogens (tertiary/aromatic N) is 1. The Bertz CT molecular complexity index is 1110. The quantitative estimate of drug-likeness (QED) is 0.597. The number of fused-ring (bicyclic) bond motifs is 2. The highest BCUT2D eigenvalue weighted by Gasteiger charge is 2.28. The van der Waals surface area contributed by atoms with Crippen LogP contribution in [-0.4, -0.2) is 30.1 Å². The van der Waals surface area contributed by atoms with E-state index in [1.54, 1.807) is 6.92 Å². The van der Waals surface area contributed by atoms with E-state index in [4.69, 9.17) is 14.2 Å². The fraction of sp³-hybridized carbons (Fsp3) is 0.292. The van der Waals surface area contributed by atoms with Crippen molar-refractivity contribution in [2.24, 2.45) is 5.92 Å². The van der Waals surface area contributed by atoms with Crippen molar-refractivity contribution in [3.8, 4) is 5.75 Å². The van der Waals surface area contributed by atoms with Gasteiger partial charge in [0, 0.05) is 5.39 Å². The summed E-state index contributed by atoms with van der Waals surface area (Å²) in [6.07, 6.45) is 0.559. The van der Waals surface area contributed by atoms with Gasteiger partial charge in [-0.1, -0.05) is 36.4 Å². The molecule has 1 aliphatic heterocycles. The van der Waals surface area contributed by atoms with Crippen molar-refractivity contribution < 1.29 is 23.8 Å². The third kappa shape index (κ3) is 3.85. The van der Waals surface area contributed by atoms with Crippen LogP contribution in [0.4, 0.5) is 0 Å². The van der Waals surface area contributed by atoms with Gasteiger partial charge in [-0.15, -0.1) is 0 Å². The van der Waals surface area contributed by atoms with Gasteiger partial charge in [-0.05, 0) is 43.5 Å². The topological polar surface area (TPSA) is 74.7 Å². The van der Waals surface area contributed by atoms with Crippen molar-refractivity contribution in [2.75, 3.05) is 13.2 Å². The van der Waals surface area contributed by atoms with E-state index in [0.29, 0.717) is 17.7 Å². The van der Waals surface area contributed by atoms with Crippen LogP contribution in [0.3, 0.4) is 0 Å². The number of aryl methyl sites for hydroxylation is 1. The number of pyridine rings is 1. The first-order chi connectivity index (χ1) is 14.6. The monoisotopic (exact) mass is 405 g/mol. The van der Waals surface area contributed by atoms with E-state index in [1.807, 2.05) is 55.5 Å². The van der Waals surface area contributed by atoms with Crippen molar-refractivity contribution in [3.63, 3.8) is 0 Å². The second-order valence-electron chi connectivity index (χ2n) is 7.22. The predicted molar refractivity (Wildman–Crippen MR) is 111 cm³/mol. The zero-order valence-corrected chi connectivity index (χ0v) is 17.0. The Morgan fingerprint density at radius 3 is 2.70 bits per heavy atom. The molecular weight excluding hydrogens is 382 g/mol. The maximum Gasteiger partial charge on any atom is 0.340 e. The summed E-state index contributed by atoms with van der Waals surface area (Å²) in [4.78, 5) is 29.9. The number of ether oxygens (including phenoxy) is 3. The number of carbonyl (C=O) groups excluding carboxylic acids is 2. The van der Waals surface area contributed by atoms with Gasteiger partial charge in [0.05, 0.1) is 29.3 Å². The molecule has 0 saturated heterocycles. The van der Waals surface area contributed by atoms with Gasteiger partial charge in [0.1, 0.15) is 19.0 Å². The Labute approximate surface area is 174 Å². The van der Waals surface area contributed by atoms with E-state index >= 15 is 0 Å². The van der Waals surface area contributed by atoms with Gasteiger partial charge in [-0.2, -0.15) is 0 Å². The third-order valence-electron chi connectivity index (χ3n) is 5.27. The zero-order valence-electron chi connectivity index (χ0n) is 17.0. The summed E-state index contributed by atoms with van der Waals surface area (Å²) < 4.78 is 16.5. The fourth-order valence-electron chi connectivity index (χ4n) is 3.76. The van der Waals surface area contributed by atoms with Crippen LogP contribution >= 0.6 is 0 Å². The third-order valence-corrected chi connectivity index (χ3v) is 5.27. The van der Waals surface area contributed by atoms with E-state index in [1.165, 1.54) is 0 Å². The molecule has 4 rings (SSSR count). The fourth-order valence-corrected chi connectivity index (χ4v) is 3.76. The van der Waals surface area contributed by atoms with Gasteiger partial charge in [0.2, 0.25) is 0 Å². The van der Waals surface area contributed by atoms with Crippen LogP contribution in [0.1, 0.15) is 34.1 Å². The molecule has 1 unspecified atom stereocenters. The maximum absolute atomic E-state index is 12.7. The molecule has 1 aliphatic rings. The van der Waals surface area contributed by atoms with Crippen LogP contribution in [0.5, 0.6) is 5.75 Å². The Hall–Kier alpha value is -3.41. The molecule has 0 bridgehead atoms. The minimum atomic E-state index is -0.464. The molecule has 1 atom stereocenters. The van der Waals surface area contributed by atoms with Crippen LogP contribution < -0.4 is 4.74 Å². The molecule has 6 nitrogen and oxygen atoms in total. The Balaban J connectivity index is 1.56. The summed E-state index contributed by atoms with van der Waals surface area (Å²) >= 11 is 0. The number of hydrogen-bond donors (Lipinski definition) is 0. The lowest BCUT2D eigenvalue weighted by atomic mass is 9.97. The van der Waals surface area contributed by atoms with Crippen LogP contribution in [0.15, 0.2) is 48.5 Å². The van der Waals surface area contributed by atoms with Crippen LogP contribution in [0, 0.1) is 12.8 Å². The number of carbonyl (C=O) groups is 2. The molecule has 30 heavy (non-hydrogen) atoms. The molecule has 6 heteroatoms. The molecule has 1 aromatic heterocycles. The number of esters is 2. The zero-order chi connectivity index (χ0) is 21.1. The van der Waals surface area contributed by atoms with E-state index in [9.17, 15) is 9.59 Å². The Morgan fingerprint density at radius 1 is 1.10 bits per heavy atom. The summed E-state index contributed by atoms with van der Waals surface area (Å²) in [6.45, 7) is 4.03. The molecular formula is C24H23NO5. The van der Waals surface area contributed by atoms with E-state index < -0.39 is 11.9 Å². The number of para-hydroxylation sites is 2. The summed E-state index contributed by atoms with van der Waals surface area (Å²) in [5.41, 5.74) is 3.24. The molecule has 2 aromatic carbocycles. The Kier molecular flexibility index (Phi) is 5.65. The van der Waals surface area contributed by atoms with Crippen LogP contribution in [0.2, 0.25) is 0 Å². The smallest absolute Gasteiger partial charge is 0.340 e. The molecule has 0 saturated carbocycles. The van der Waals surface area contributed by atoms with E-state index in [0.717, 1.165) is 27.8 Å². The van der Waals surface area contributed by atoms with Crippen molar-refractivity contribution >= 4 is 22.8 Å². The highest BCUT2D eigenvalue weighted by atomic mass is 16.5. The number of aromatic nitrogens is 1. The minimum absolute atomic E-state index is 0.100. The Morgan fingerprint density at radius 2 is 1.87 bits per heavy atom. The summed E-state index contributed by atoms with van der Waals surface area (Å²) in [7, 11) is 0. The molecule has 0 radical (unpaired) electrons. The first kappa shape index (κ1) is 19.9. The first-order valence-electron chi connectivity index (χ1n) is 10.0. The number of rotatable bonds is 5. The molecule has 0 fully saturated rings. The van der Waals surface area contributed by atoms with E-state index in [-0.39, 0.29) is 25.8 Å². The van der Waals surface area contributed by atoms with E-state index in [2.05, 4.69) is 4.98 Å². The maximum atomic E-state index is 12.7. The van der Waals surface area contributed by atoms with Crippen LogP contribution in [-0.2, 0) is 27.3 Å². The molecule has 0 aliphatic carbocycles. The minimum Gasteiger partial charge on any atom is -0.492 e. The SMILES string of the molecule is CCOC(=O)c1c(COC(=O)C2COc3ccccc3C2)nc2ccccc2c1C.